The van der Waals surface area contributed by atoms with E-state index >= 15 is 0 Å². The van der Waals surface area contributed by atoms with Crippen molar-refractivity contribution in [2.45, 2.75) is 26.7 Å². The fraction of sp³-hybridized carbons (Fsp3) is 0.211. The number of nitrogens with one attached hydrogen (secondary N) is 1. The summed E-state index contributed by atoms with van der Waals surface area (Å²) < 4.78 is 5.25. The Hall–Kier alpha value is -3.13. The van der Waals surface area contributed by atoms with Crippen LogP contribution in [0.25, 0.3) is 11.1 Å². The molecule has 0 bridgehead atoms. The first-order valence-electron chi connectivity index (χ1n) is 7.64. The SMILES string of the molecule is C#Cc1cccc(NC(=O)c2cc(C(C)C)nc3onc(C)c23)c1. The van der Waals surface area contributed by atoms with E-state index < -0.39 is 0 Å². The third-order valence-corrected chi connectivity index (χ3v) is 3.76. The molecule has 1 aromatic carbocycles. The number of amides is 1. The van der Waals surface area contributed by atoms with Gasteiger partial charge in [-0.25, -0.2) is 4.98 Å². The molecule has 0 atom stereocenters. The van der Waals surface area contributed by atoms with Gasteiger partial charge in [-0.1, -0.05) is 31.0 Å². The van der Waals surface area contributed by atoms with Crippen LogP contribution in [0.1, 0.15) is 47.1 Å². The molecule has 1 N–H and O–H groups in total. The van der Waals surface area contributed by atoms with E-state index in [1.165, 1.54) is 0 Å². The minimum absolute atomic E-state index is 0.163. The van der Waals surface area contributed by atoms with E-state index in [0.29, 0.717) is 33.6 Å². The highest BCUT2D eigenvalue weighted by molar-refractivity contribution is 6.12. The molecule has 0 aliphatic heterocycles. The van der Waals surface area contributed by atoms with Crippen LogP contribution < -0.4 is 5.32 Å². The minimum atomic E-state index is -0.246. The number of carbonyl (C=O) groups is 1. The van der Waals surface area contributed by atoms with Crippen LogP contribution >= 0.6 is 0 Å². The fourth-order valence-corrected chi connectivity index (χ4v) is 2.47. The van der Waals surface area contributed by atoms with Crippen molar-refractivity contribution in [1.82, 2.24) is 10.1 Å². The van der Waals surface area contributed by atoms with Gasteiger partial charge in [-0.15, -0.1) is 6.42 Å². The van der Waals surface area contributed by atoms with Gasteiger partial charge < -0.3 is 9.84 Å². The Labute approximate surface area is 140 Å². The zero-order valence-corrected chi connectivity index (χ0v) is 13.8. The molecule has 5 nitrogen and oxygen atoms in total. The molecular formula is C19H17N3O2. The van der Waals surface area contributed by atoms with Gasteiger partial charge in [-0.05, 0) is 37.1 Å². The highest BCUT2D eigenvalue weighted by atomic mass is 16.5. The minimum Gasteiger partial charge on any atom is -0.336 e. The number of fused-ring (bicyclic) bond motifs is 1. The van der Waals surface area contributed by atoms with Crippen molar-refractivity contribution in [3.63, 3.8) is 0 Å². The summed E-state index contributed by atoms with van der Waals surface area (Å²) in [6.45, 7) is 5.81. The second-order valence-corrected chi connectivity index (χ2v) is 5.88. The Kier molecular flexibility index (Phi) is 4.05. The van der Waals surface area contributed by atoms with Gasteiger partial charge >= 0.3 is 0 Å². The van der Waals surface area contributed by atoms with Crippen LogP contribution in [-0.2, 0) is 0 Å². The van der Waals surface area contributed by atoms with Crippen LogP contribution in [-0.4, -0.2) is 16.0 Å². The lowest BCUT2D eigenvalue weighted by Gasteiger charge is -2.10. The largest absolute Gasteiger partial charge is 0.336 e. The Morgan fingerprint density at radius 2 is 2.12 bits per heavy atom. The average Bonchev–Trinajstić information content (AvgIpc) is 2.95. The van der Waals surface area contributed by atoms with Crippen molar-refractivity contribution >= 4 is 22.7 Å². The van der Waals surface area contributed by atoms with Crippen molar-refractivity contribution in [3.8, 4) is 12.3 Å². The topological polar surface area (TPSA) is 68.0 Å². The predicted molar refractivity (Wildman–Crippen MR) is 93.0 cm³/mol. The van der Waals surface area contributed by atoms with Crippen molar-refractivity contribution in [1.29, 1.82) is 0 Å². The maximum absolute atomic E-state index is 12.8. The van der Waals surface area contributed by atoms with Crippen LogP contribution in [0, 0.1) is 19.3 Å². The van der Waals surface area contributed by atoms with Gasteiger partial charge in [0, 0.05) is 16.9 Å². The molecule has 0 radical (unpaired) electrons. The highest BCUT2D eigenvalue weighted by Gasteiger charge is 2.19. The van der Waals surface area contributed by atoms with E-state index in [4.69, 9.17) is 10.9 Å². The van der Waals surface area contributed by atoms with Crippen LogP contribution in [0.3, 0.4) is 0 Å². The fourth-order valence-electron chi connectivity index (χ4n) is 2.47. The molecule has 0 saturated carbocycles. The first-order chi connectivity index (χ1) is 11.5. The standard InChI is InChI=1S/C19H17N3O2/c1-5-13-7-6-8-14(9-13)20-18(23)15-10-16(11(2)3)21-19-17(15)12(4)22-24-19/h1,6-11H,2-4H3,(H,20,23). The molecule has 0 saturated heterocycles. The number of hydrogen-bond donors (Lipinski definition) is 1. The van der Waals surface area contributed by atoms with E-state index in [1.54, 1.807) is 37.3 Å². The van der Waals surface area contributed by atoms with Gasteiger partial charge in [0.15, 0.2) is 0 Å². The number of hydrogen-bond acceptors (Lipinski definition) is 4. The van der Waals surface area contributed by atoms with Gasteiger partial charge in [0.2, 0.25) is 0 Å². The molecule has 24 heavy (non-hydrogen) atoms. The number of aryl methyl sites for hydroxylation is 1. The quantitative estimate of drug-likeness (QED) is 0.744. The van der Waals surface area contributed by atoms with Gasteiger partial charge in [0.25, 0.3) is 11.6 Å². The molecule has 0 fully saturated rings. The summed E-state index contributed by atoms with van der Waals surface area (Å²) in [5.41, 5.74) is 3.63. The van der Waals surface area contributed by atoms with Crippen LogP contribution in [0.5, 0.6) is 0 Å². The van der Waals surface area contributed by atoms with E-state index in [-0.39, 0.29) is 11.8 Å². The van der Waals surface area contributed by atoms with Crippen molar-refractivity contribution in [2.75, 3.05) is 5.32 Å². The van der Waals surface area contributed by atoms with Crippen LogP contribution in [0.2, 0.25) is 0 Å². The molecule has 0 aliphatic rings. The molecule has 0 aliphatic carbocycles. The number of benzene rings is 1. The summed E-state index contributed by atoms with van der Waals surface area (Å²) >= 11 is 0. The lowest BCUT2D eigenvalue weighted by Crippen LogP contribution is -2.14. The molecule has 0 spiro atoms. The van der Waals surface area contributed by atoms with Gasteiger partial charge in [0.05, 0.1) is 16.6 Å². The first kappa shape index (κ1) is 15.8. The number of rotatable bonds is 3. The molecular weight excluding hydrogens is 302 g/mol. The second-order valence-electron chi connectivity index (χ2n) is 5.88. The third kappa shape index (κ3) is 2.86. The highest BCUT2D eigenvalue weighted by Crippen LogP contribution is 2.26. The molecule has 0 unspecified atom stereocenters. The summed E-state index contributed by atoms with van der Waals surface area (Å²) in [4.78, 5) is 17.2. The lowest BCUT2D eigenvalue weighted by molar-refractivity contribution is 0.102. The summed E-state index contributed by atoms with van der Waals surface area (Å²) in [7, 11) is 0. The lowest BCUT2D eigenvalue weighted by atomic mass is 10.0. The molecule has 5 heteroatoms. The molecule has 1 amide bonds. The van der Waals surface area contributed by atoms with Crippen LogP contribution in [0.15, 0.2) is 34.9 Å². The number of anilines is 1. The number of terminal acetylenes is 1. The summed E-state index contributed by atoms with van der Waals surface area (Å²) in [6.07, 6.45) is 5.40. The smallest absolute Gasteiger partial charge is 0.259 e. The van der Waals surface area contributed by atoms with Gasteiger partial charge in [-0.2, -0.15) is 0 Å². The number of aromatic nitrogens is 2. The van der Waals surface area contributed by atoms with E-state index in [1.807, 2.05) is 13.8 Å². The summed E-state index contributed by atoms with van der Waals surface area (Å²) in [6, 6.07) is 8.94. The molecule has 3 aromatic rings. The monoisotopic (exact) mass is 319 g/mol. The summed E-state index contributed by atoms with van der Waals surface area (Å²) in [5.74, 6) is 2.47. The van der Waals surface area contributed by atoms with Gasteiger partial charge in [-0.3, -0.25) is 4.79 Å². The number of nitrogens with zero attached hydrogens (tertiary/aromatic N) is 2. The van der Waals surface area contributed by atoms with Gasteiger partial charge in [0.1, 0.15) is 0 Å². The summed E-state index contributed by atoms with van der Waals surface area (Å²) in [5, 5.41) is 7.44. The molecule has 3 rings (SSSR count). The second kappa shape index (κ2) is 6.17. The van der Waals surface area contributed by atoms with Crippen molar-refractivity contribution < 1.29 is 9.32 Å². The zero-order chi connectivity index (χ0) is 17.3. The van der Waals surface area contributed by atoms with E-state index in [9.17, 15) is 4.79 Å². The van der Waals surface area contributed by atoms with Crippen molar-refractivity contribution in [2.24, 2.45) is 0 Å². The molecule has 120 valence electrons. The van der Waals surface area contributed by atoms with E-state index in [0.717, 1.165) is 5.69 Å². The maximum atomic E-state index is 12.8. The Morgan fingerprint density at radius 1 is 1.33 bits per heavy atom. The Bertz CT molecular complexity index is 964. The average molecular weight is 319 g/mol. The van der Waals surface area contributed by atoms with Crippen LogP contribution in [0.4, 0.5) is 5.69 Å². The number of carbonyl (C=O) groups excluding carboxylic acids is 1. The third-order valence-electron chi connectivity index (χ3n) is 3.76. The Morgan fingerprint density at radius 3 is 2.83 bits per heavy atom. The predicted octanol–water partition coefficient (Wildman–Crippen LogP) is 3.89. The molecule has 2 aromatic heterocycles. The number of pyridine rings is 1. The van der Waals surface area contributed by atoms with E-state index in [2.05, 4.69) is 21.4 Å². The normalized spacial score (nSPS) is 10.8. The zero-order valence-electron chi connectivity index (χ0n) is 13.8. The van der Waals surface area contributed by atoms with Crippen molar-refractivity contribution in [3.05, 3.63) is 52.8 Å². The molecule has 2 heterocycles. The maximum Gasteiger partial charge on any atom is 0.259 e. The Balaban J connectivity index is 2.05. The first-order valence-corrected chi connectivity index (χ1v) is 7.64.